The predicted molar refractivity (Wildman–Crippen MR) is 253 cm³/mol. The summed E-state index contributed by atoms with van der Waals surface area (Å²) in [5.74, 6) is -0.428. The molecule has 1 amide bonds. The van der Waals surface area contributed by atoms with Crippen molar-refractivity contribution in [3.05, 3.63) is 119 Å². The molecule has 2 aliphatic carbocycles. The van der Waals surface area contributed by atoms with Gasteiger partial charge < -0.3 is 44.2 Å². The molecule has 3 N–H and O–H groups in total. The smallest absolute Gasteiger partial charge is 0.408 e. The number of methoxy groups -OCH3 is 4. The number of carbonyl (C=O) groups excluding carboxylic acids is 3. The van der Waals surface area contributed by atoms with Crippen LogP contribution in [0.5, 0.6) is 0 Å². The van der Waals surface area contributed by atoms with Crippen LogP contribution < -0.4 is 11.1 Å². The second-order valence-electron chi connectivity index (χ2n) is 18.1. The molecule has 12 heteroatoms. The fourth-order valence-corrected chi connectivity index (χ4v) is 8.73. The highest BCUT2D eigenvalue weighted by Gasteiger charge is 2.35. The van der Waals surface area contributed by atoms with E-state index >= 15 is 0 Å². The fraction of sp³-hybridized carbons (Fsp3) is 0.491. The van der Waals surface area contributed by atoms with Crippen LogP contribution in [0.4, 0.5) is 4.79 Å². The van der Waals surface area contributed by atoms with Crippen LogP contribution in [0.2, 0.25) is 0 Å². The largest absolute Gasteiger partial charge is 0.465 e. The number of ether oxygens (including phenoxy) is 7. The maximum Gasteiger partial charge on any atom is 0.408 e. The molecule has 0 fully saturated rings. The van der Waals surface area contributed by atoms with E-state index in [9.17, 15) is 14.4 Å². The average molecular weight is 895 g/mol. The van der Waals surface area contributed by atoms with E-state index in [1.165, 1.54) is 44.5 Å². The normalized spacial score (nSPS) is 13.2. The quantitative estimate of drug-likeness (QED) is 0.0541. The van der Waals surface area contributed by atoms with E-state index in [2.05, 4.69) is 53.8 Å². The van der Waals surface area contributed by atoms with E-state index in [-0.39, 0.29) is 36.8 Å². The zero-order chi connectivity index (χ0) is 46.9. The number of benzene rings is 4. The SMILES string of the molecule is COCCC(CCOC)(CCC(=O)OCC1c2ccccc2-c2ccccc21)NC(=O)OC(C)(C)C.COCCC(N)(CCOC)CCC(=O)OCC1c2ccccc2-c2ccccc21. The number of rotatable bonds is 23. The van der Waals surface area contributed by atoms with Crippen molar-refractivity contribution in [1.82, 2.24) is 5.32 Å². The topological polar surface area (TPSA) is 154 Å². The molecule has 0 spiro atoms. The first kappa shape index (κ1) is 50.9. The molecule has 2 aliphatic rings. The van der Waals surface area contributed by atoms with Gasteiger partial charge in [-0.05, 0) is 104 Å². The fourth-order valence-electron chi connectivity index (χ4n) is 8.73. The Bertz CT molecular complexity index is 2040. The number of hydrogen-bond donors (Lipinski definition) is 2. The minimum Gasteiger partial charge on any atom is -0.465 e. The first-order chi connectivity index (χ1) is 31.3. The van der Waals surface area contributed by atoms with Gasteiger partial charge in [0.25, 0.3) is 0 Å². The van der Waals surface area contributed by atoms with E-state index in [0.717, 1.165) is 0 Å². The summed E-state index contributed by atoms with van der Waals surface area (Å²) in [6.07, 6.45) is 3.26. The van der Waals surface area contributed by atoms with Crippen molar-refractivity contribution in [1.29, 1.82) is 0 Å². The molecule has 4 aromatic carbocycles. The van der Waals surface area contributed by atoms with Crippen molar-refractivity contribution in [2.45, 2.75) is 101 Å². The second-order valence-corrected chi connectivity index (χ2v) is 18.1. The van der Waals surface area contributed by atoms with E-state index < -0.39 is 22.8 Å². The Kier molecular flexibility index (Phi) is 19.1. The lowest BCUT2D eigenvalue weighted by Crippen LogP contribution is -2.51. The van der Waals surface area contributed by atoms with Crippen LogP contribution in [0.25, 0.3) is 22.3 Å². The zero-order valence-electron chi connectivity index (χ0n) is 39.5. The van der Waals surface area contributed by atoms with Gasteiger partial charge in [0.2, 0.25) is 0 Å². The van der Waals surface area contributed by atoms with Crippen molar-refractivity contribution in [2.24, 2.45) is 5.73 Å². The van der Waals surface area contributed by atoms with Gasteiger partial charge in [-0.15, -0.1) is 0 Å². The van der Waals surface area contributed by atoms with E-state index in [1.54, 1.807) is 28.4 Å². The lowest BCUT2D eigenvalue weighted by molar-refractivity contribution is -0.145. The monoisotopic (exact) mass is 895 g/mol. The maximum atomic E-state index is 12.9. The molecule has 0 saturated heterocycles. The summed E-state index contributed by atoms with van der Waals surface area (Å²) in [4.78, 5) is 38.0. The van der Waals surface area contributed by atoms with Gasteiger partial charge in [-0.1, -0.05) is 97.1 Å². The molecule has 0 aromatic heterocycles. The van der Waals surface area contributed by atoms with Crippen LogP contribution in [0.1, 0.15) is 106 Å². The number of hydrogen-bond acceptors (Lipinski definition) is 11. The molecule has 0 saturated carbocycles. The molecule has 65 heavy (non-hydrogen) atoms. The molecule has 0 heterocycles. The second kappa shape index (κ2) is 24.4. The molecule has 0 aliphatic heterocycles. The summed E-state index contributed by atoms with van der Waals surface area (Å²) in [5, 5.41) is 3.01. The van der Waals surface area contributed by atoms with Crippen LogP contribution in [-0.2, 0) is 42.7 Å². The molecule has 352 valence electrons. The van der Waals surface area contributed by atoms with Crippen molar-refractivity contribution in [3.63, 3.8) is 0 Å². The van der Waals surface area contributed by atoms with Gasteiger partial charge in [-0.25, -0.2) is 4.79 Å². The first-order valence-corrected chi connectivity index (χ1v) is 22.7. The van der Waals surface area contributed by atoms with Crippen LogP contribution in [-0.4, -0.2) is 103 Å². The molecule has 0 unspecified atom stereocenters. The number of carbonyl (C=O) groups is 3. The third-order valence-electron chi connectivity index (χ3n) is 12.3. The molecule has 0 bridgehead atoms. The molecule has 12 nitrogen and oxygen atoms in total. The van der Waals surface area contributed by atoms with Gasteiger partial charge in [0, 0.05) is 90.6 Å². The molecule has 4 aromatic rings. The predicted octanol–water partition coefficient (Wildman–Crippen LogP) is 9.35. The van der Waals surface area contributed by atoms with Gasteiger partial charge in [-0.3, -0.25) is 9.59 Å². The van der Waals surface area contributed by atoms with Crippen molar-refractivity contribution in [2.75, 3.05) is 68.1 Å². The van der Waals surface area contributed by atoms with E-state index in [4.69, 9.17) is 38.9 Å². The number of fused-ring (bicyclic) bond motifs is 6. The molecule has 0 radical (unpaired) electrons. The molecule has 6 rings (SSSR count). The summed E-state index contributed by atoms with van der Waals surface area (Å²) in [7, 11) is 6.53. The van der Waals surface area contributed by atoms with Gasteiger partial charge >= 0.3 is 18.0 Å². The van der Waals surface area contributed by atoms with Crippen LogP contribution in [0.3, 0.4) is 0 Å². The lowest BCUT2D eigenvalue weighted by Gasteiger charge is -2.35. The van der Waals surface area contributed by atoms with Crippen molar-refractivity contribution < 1.29 is 47.5 Å². The standard InChI is InChI=1S/C29H39NO6.C24H31NO4/c1-28(2,3)36-27(32)30-29(16-18-33-4,17-19-34-5)15-14-26(31)35-20-25-23-12-8-6-10-21(23)22-11-7-9-13-24(22)25;1-27-15-13-24(25,14-16-28-2)12-11-23(26)29-17-22-20-9-5-3-7-18(20)19-8-4-6-10-21(19)22/h6-13,25H,14-20H2,1-5H3,(H,30,32);3-10,22H,11-17,25H2,1-2H3. The van der Waals surface area contributed by atoms with Crippen LogP contribution in [0, 0.1) is 0 Å². The van der Waals surface area contributed by atoms with Gasteiger partial charge in [0.05, 0.1) is 0 Å². The summed E-state index contributed by atoms with van der Waals surface area (Å²) in [5.41, 5.74) is 14.3. The molecular formula is C53H70N2O10. The first-order valence-electron chi connectivity index (χ1n) is 22.7. The minimum atomic E-state index is -0.722. The Morgan fingerprint density at radius 3 is 1.20 bits per heavy atom. The third-order valence-corrected chi connectivity index (χ3v) is 12.3. The Morgan fingerprint density at radius 2 is 0.846 bits per heavy atom. The summed E-state index contributed by atoms with van der Waals surface area (Å²) in [6.45, 7) is 8.03. The Morgan fingerprint density at radius 1 is 0.508 bits per heavy atom. The Hall–Kier alpha value is -5.11. The van der Waals surface area contributed by atoms with Gasteiger partial charge in [0.15, 0.2) is 0 Å². The third kappa shape index (κ3) is 14.4. The Balaban J connectivity index is 0.000000250. The summed E-state index contributed by atoms with van der Waals surface area (Å²) < 4.78 is 37.9. The molecular weight excluding hydrogens is 825 g/mol. The van der Waals surface area contributed by atoms with E-state index in [0.29, 0.717) is 78.0 Å². The number of amides is 1. The average Bonchev–Trinajstić information content (AvgIpc) is 3.80. The number of nitrogens with one attached hydrogen (secondary N) is 1. The number of alkyl carbamates (subject to hydrolysis) is 1. The lowest BCUT2D eigenvalue weighted by atomic mass is 9.86. The number of nitrogens with two attached hydrogens (primary N) is 1. The highest BCUT2D eigenvalue weighted by Crippen LogP contribution is 2.46. The van der Waals surface area contributed by atoms with Crippen LogP contribution in [0.15, 0.2) is 97.1 Å². The van der Waals surface area contributed by atoms with Gasteiger partial charge in [0.1, 0.15) is 18.8 Å². The van der Waals surface area contributed by atoms with E-state index in [1.807, 2.05) is 69.3 Å². The zero-order valence-corrected chi connectivity index (χ0v) is 39.5. The highest BCUT2D eigenvalue weighted by molar-refractivity contribution is 5.80. The van der Waals surface area contributed by atoms with Crippen molar-refractivity contribution in [3.8, 4) is 22.3 Å². The summed E-state index contributed by atoms with van der Waals surface area (Å²) >= 11 is 0. The Labute approximate surface area is 385 Å². The highest BCUT2D eigenvalue weighted by atomic mass is 16.6. The number of esters is 2. The van der Waals surface area contributed by atoms with Crippen molar-refractivity contribution >= 4 is 18.0 Å². The van der Waals surface area contributed by atoms with Crippen LogP contribution >= 0.6 is 0 Å². The summed E-state index contributed by atoms with van der Waals surface area (Å²) in [6, 6.07) is 33.2. The minimum absolute atomic E-state index is 0.00739. The van der Waals surface area contributed by atoms with Gasteiger partial charge in [-0.2, -0.15) is 0 Å². The molecule has 0 atom stereocenters. The maximum absolute atomic E-state index is 12.9.